The van der Waals surface area contributed by atoms with Crippen molar-refractivity contribution in [2.24, 2.45) is 0 Å². The molecule has 2 aromatic carbocycles. The fraction of sp³-hybridized carbons (Fsp3) is 0.333. The van der Waals surface area contributed by atoms with Gasteiger partial charge in [-0.1, -0.05) is 30.3 Å². The number of benzene rings is 2. The van der Waals surface area contributed by atoms with E-state index in [0.29, 0.717) is 6.04 Å². The van der Waals surface area contributed by atoms with Crippen molar-refractivity contribution in [2.75, 3.05) is 13.7 Å². The van der Waals surface area contributed by atoms with E-state index in [-0.39, 0.29) is 0 Å². The Hall–Kier alpha value is -1.54. The van der Waals surface area contributed by atoms with Gasteiger partial charge < -0.3 is 10.1 Å². The van der Waals surface area contributed by atoms with Crippen molar-refractivity contribution >= 4 is 10.8 Å². The lowest BCUT2D eigenvalue weighted by Gasteiger charge is -2.28. The van der Waals surface area contributed by atoms with Crippen molar-refractivity contribution < 1.29 is 4.74 Å². The molecule has 0 bridgehead atoms. The first kappa shape index (κ1) is 10.6. The molecule has 1 saturated heterocycles. The average molecular weight is 227 g/mol. The van der Waals surface area contributed by atoms with Gasteiger partial charge in [-0.3, -0.25) is 0 Å². The fourth-order valence-corrected chi connectivity index (χ4v) is 2.51. The predicted molar refractivity (Wildman–Crippen MR) is 70.6 cm³/mol. The van der Waals surface area contributed by atoms with Crippen molar-refractivity contribution in [3.8, 4) is 5.75 Å². The van der Waals surface area contributed by atoms with Crippen LogP contribution in [0.1, 0.15) is 12.0 Å². The molecule has 0 aliphatic carbocycles. The third kappa shape index (κ3) is 1.89. The smallest absolute Gasteiger partial charge is 0.126 e. The maximum Gasteiger partial charge on any atom is 0.126 e. The second kappa shape index (κ2) is 4.38. The van der Waals surface area contributed by atoms with Gasteiger partial charge in [-0.2, -0.15) is 0 Å². The van der Waals surface area contributed by atoms with Crippen LogP contribution in [0.2, 0.25) is 0 Å². The number of methoxy groups -OCH3 is 1. The van der Waals surface area contributed by atoms with E-state index >= 15 is 0 Å². The number of ether oxygens (including phenoxy) is 1. The topological polar surface area (TPSA) is 21.3 Å². The van der Waals surface area contributed by atoms with Crippen molar-refractivity contribution in [3.05, 3.63) is 42.0 Å². The third-order valence-electron chi connectivity index (χ3n) is 3.56. The molecule has 0 saturated carbocycles. The summed E-state index contributed by atoms with van der Waals surface area (Å²) in [6.45, 7) is 1.16. The van der Waals surface area contributed by atoms with Crippen LogP contribution >= 0.6 is 0 Å². The highest BCUT2D eigenvalue weighted by molar-refractivity contribution is 5.91. The zero-order valence-corrected chi connectivity index (χ0v) is 10.1. The van der Waals surface area contributed by atoms with Gasteiger partial charge in [0.05, 0.1) is 7.11 Å². The largest absolute Gasteiger partial charge is 0.496 e. The van der Waals surface area contributed by atoms with Crippen molar-refractivity contribution in [1.29, 1.82) is 0 Å². The molecular formula is C15H17NO. The minimum Gasteiger partial charge on any atom is -0.496 e. The standard InChI is InChI=1S/C15H17NO/c1-17-14-7-3-5-11-4-2-6-12(15(11)14)10-13-8-9-16-13/h2-7,13,16H,8-10H2,1H3/t13-/m0/s1. The van der Waals surface area contributed by atoms with Gasteiger partial charge in [0.15, 0.2) is 0 Å². The molecule has 2 aromatic rings. The molecule has 1 atom stereocenters. The molecule has 0 aromatic heterocycles. The predicted octanol–water partition coefficient (Wildman–Crippen LogP) is 2.75. The second-order valence-corrected chi connectivity index (χ2v) is 4.62. The minimum atomic E-state index is 0.644. The quantitative estimate of drug-likeness (QED) is 0.870. The summed E-state index contributed by atoms with van der Waals surface area (Å²) >= 11 is 0. The van der Waals surface area contributed by atoms with Crippen LogP contribution in [0.3, 0.4) is 0 Å². The maximum atomic E-state index is 5.48. The lowest BCUT2D eigenvalue weighted by molar-refractivity contribution is 0.369. The minimum absolute atomic E-state index is 0.644. The van der Waals surface area contributed by atoms with E-state index in [4.69, 9.17) is 4.74 Å². The van der Waals surface area contributed by atoms with Gasteiger partial charge in [0.25, 0.3) is 0 Å². The van der Waals surface area contributed by atoms with Gasteiger partial charge in [0.2, 0.25) is 0 Å². The molecule has 0 radical (unpaired) electrons. The molecule has 1 heterocycles. The monoisotopic (exact) mass is 227 g/mol. The van der Waals surface area contributed by atoms with Crippen LogP contribution in [0, 0.1) is 0 Å². The molecule has 2 nitrogen and oxygen atoms in total. The lowest BCUT2D eigenvalue weighted by atomic mass is 9.94. The molecule has 1 aliphatic rings. The van der Waals surface area contributed by atoms with Gasteiger partial charge in [0.1, 0.15) is 5.75 Å². The molecular weight excluding hydrogens is 210 g/mol. The van der Waals surface area contributed by atoms with Gasteiger partial charge in [-0.05, 0) is 36.4 Å². The molecule has 0 amide bonds. The molecule has 3 rings (SSSR count). The highest BCUT2D eigenvalue weighted by Gasteiger charge is 2.18. The molecule has 17 heavy (non-hydrogen) atoms. The zero-order chi connectivity index (χ0) is 11.7. The van der Waals surface area contributed by atoms with Gasteiger partial charge in [0, 0.05) is 11.4 Å². The Morgan fingerprint density at radius 3 is 2.65 bits per heavy atom. The number of hydrogen-bond acceptors (Lipinski definition) is 2. The number of nitrogens with one attached hydrogen (secondary N) is 1. The molecule has 88 valence electrons. The average Bonchev–Trinajstić information content (AvgIpc) is 2.33. The van der Waals surface area contributed by atoms with E-state index in [1.54, 1.807) is 7.11 Å². The van der Waals surface area contributed by atoms with E-state index in [9.17, 15) is 0 Å². The third-order valence-corrected chi connectivity index (χ3v) is 3.56. The Kier molecular flexibility index (Phi) is 2.73. The highest BCUT2D eigenvalue weighted by Crippen LogP contribution is 2.30. The first-order chi connectivity index (χ1) is 8.38. The van der Waals surface area contributed by atoms with E-state index in [1.165, 1.54) is 22.8 Å². The molecule has 1 fully saturated rings. The normalized spacial score (nSPS) is 19.0. The molecule has 0 unspecified atom stereocenters. The summed E-state index contributed by atoms with van der Waals surface area (Å²) in [4.78, 5) is 0. The van der Waals surface area contributed by atoms with Gasteiger partial charge >= 0.3 is 0 Å². The van der Waals surface area contributed by atoms with Crippen molar-refractivity contribution in [3.63, 3.8) is 0 Å². The van der Waals surface area contributed by atoms with Crippen LogP contribution in [0.5, 0.6) is 5.75 Å². The van der Waals surface area contributed by atoms with Crippen molar-refractivity contribution in [1.82, 2.24) is 5.32 Å². The first-order valence-electron chi connectivity index (χ1n) is 6.16. The summed E-state index contributed by atoms with van der Waals surface area (Å²) in [6.07, 6.45) is 2.38. The summed E-state index contributed by atoms with van der Waals surface area (Å²) < 4.78 is 5.48. The van der Waals surface area contributed by atoms with Gasteiger partial charge in [-0.25, -0.2) is 0 Å². The maximum absolute atomic E-state index is 5.48. The van der Waals surface area contributed by atoms with E-state index < -0.39 is 0 Å². The fourth-order valence-electron chi connectivity index (χ4n) is 2.51. The van der Waals surface area contributed by atoms with Crippen LogP contribution < -0.4 is 10.1 Å². The van der Waals surface area contributed by atoms with E-state index in [2.05, 4.69) is 29.6 Å². The Bertz CT molecular complexity index is 526. The van der Waals surface area contributed by atoms with Crippen LogP contribution in [-0.2, 0) is 6.42 Å². The van der Waals surface area contributed by atoms with Crippen LogP contribution in [0.15, 0.2) is 36.4 Å². The second-order valence-electron chi connectivity index (χ2n) is 4.62. The lowest BCUT2D eigenvalue weighted by Crippen LogP contribution is -2.44. The summed E-state index contributed by atoms with van der Waals surface area (Å²) in [5.41, 5.74) is 1.39. The molecule has 1 aliphatic heterocycles. The first-order valence-corrected chi connectivity index (χ1v) is 6.16. The summed E-state index contributed by atoms with van der Waals surface area (Å²) in [5, 5.41) is 5.99. The Balaban J connectivity index is 2.08. The number of hydrogen-bond donors (Lipinski definition) is 1. The van der Waals surface area contributed by atoms with E-state index in [0.717, 1.165) is 18.7 Å². The molecule has 2 heteroatoms. The van der Waals surface area contributed by atoms with Crippen LogP contribution in [0.25, 0.3) is 10.8 Å². The molecule has 0 spiro atoms. The number of fused-ring (bicyclic) bond motifs is 1. The van der Waals surface area contributed by atoms with Crippen LogP contribution in [0.4, 0.5) is 0 Å². The molecule has 1 N–H and O–H groups in total. The zero-order valence-electron chi connectivity index (χ0n) is 10.1. The Morgan fingerprint density at radius 1 is 1.24 bits per heavy atom. The van der Waals surface area contributed by atoms with Crippen molar-refractivity contribution in [2.45, 2.75) is 18.9 Å². The Morgan fingerprint density at radius 2 is 2.00 bits per heavy atom. The number of rotatable bonds is 3. The summed E-state index contributed by atoms with van der Waals surface area (Å²) in [5.74, 6) is 0.984. The van der Waals surface area contributed by atoms with Crippen LogP contribution in [-0.4, -0.2) is 19.7 Å². The van der Waals surface area contributed by atoms with E-state index in [1.807, 2.05) is 12.1 Å². The highest BCUT2D eigenvalue weighted by atomic mass is 16.5. The Labute approximate surface area is 102 Å². The SMILES string of the molecule is COc1cccc2cccc(C[C@@H]3CCN3)c12. The summed E-state index contributed by atoms with van der Waals surface area (Å²) in [7, 11) is 1.74. The van der Waals surface area contributed by atoms with Gasteiger partial charge in [-0.15, -0.1) is 0 Å². The summed E-state index contributed by atoms with van der Waals surface area (Å²) in [6, 6.07) is 13.4.